The van der Waals surface area contributed by atoms with E-state index in [1.54, 1.807) is 9.80 Å². The summed E-state index contributed by atoms with van der Waals surface area (Å²) in [5, 5.41) is 0. The molecule has 0 aromatic heterocycles. The van der Waals surface area contributed by atoms with E-state index in [9.17, 15) is 9.59 Å². The van der Waals surface area contributed by atoms with Crippen molar-refractivity contribution < 1.29 is 9.59 Å². The Labute approximate surface area is 114 Å². The molecule has 0 spiro atoms. The second kappa shape index (κ2) is 5.12. The Bertz CT molecular complexity index is 379. The van der Waals surface area contributed by atoms with E-state index < -0.39 is 0 Å². The lowest BCUT2D eigenvalue weighted by molar-refractivity contribution is -0.153. The van der Waals surface area contributed by atoms with E-state index in [0.29, 0.717) is 12.5 Å². The standard InChI is InChI=1S/C14H23N3O2/c15-11(10-4-1-2-5-10)8-16-9-13(18)17-7-3-6-12(17)14(16)19/h10-12H,1-9,15H2. The molecule has 2 N–H and O–H groups in total. The Morgan fingerprint density at radius 3 is 2.63 bits per heavy atom. The lowest BCUT2D eigenvalue weighted by Crippen LogP contribution is -2.59. The maximum Gasteiger partial charge on any atom is 0.245 e. The van der Waals surface area contributed by atoms with Crippen LogP contribution >= 0.6 is 0 Å². The SMILES string of the molecule is NC(CN1CC(=O)N2CCCC2C1=O)C1CCCC1. The van der Waals surface area contributed by atoms with E-state index in [-0.39, 0.29) is 30.4 Å². The van der Waals surface area contributed by atoms with Gasteiger partial charge in [0.1, 0.15) is 6.04 Å². The summed E-state index contributed by atoms with van der Waals surface area (Å²) >= 11 is 0. The Morgan fingerprint density at radius 1 is 1.16 bits per heavy atom. The van der Waals surface area contributed by atoms with E-state index in [2.05, 4.69) is 0 Å². The molecular formula is C14H23N3O2. The highest BCUT2D eigenvalue weighted by Crippen LogP contribution is 2.28. The highest BCUT2D eigenvalue weighted by Gasteiger charge is 2.42. The van der Waals surface area contributed by atoms with Gasteiger partial charge < -0.3 is 15.5 Å². The molecule has 1 aliphatic carbocycles. The predicted molar refractivity (Wildman–Crippen MR) is 71.2 cm³/mol. The summed E-state index contributed by atoms with van der Waals surface area (Å²) in [6.07, 6.45) is 6.62. The third kappa shape index (κ3) is 2.36. The molecule has 106 valence electrons. The summed E-state index contributed by atoms with van der Waals surface area (Å²) in [5.41, 5.74) is 6.24. The second-order valence-electron chi connectivity index (χ2n) is 6.17. The van der Waals surface area contributed by atoms with Gasteiger partial charge in [0.05, 0.1) is 6.54 Å². The molecule has 0 aromatic rings. The third-order valence-electron chi connectivity index (χ3n) is 4.93. The van der Waals surface area contributed by atoms with E-state index in [4.69, 9.17) is 5.73 Å². The Kier molecular flexibility index (Phi) is 3.48. The van der Waals surface area contributed by atoms with Crippen LogP contribution in [0.5, 0.6) is 0 Å². The number of hydrogen-bond acceptors (Lipinski definition) is 3. The maximum atomic E-state index is 12.4. The highest BCUT2D eigenvalue weighted by molar-refractivity contribution is 5.95. The number of nitrogens with two attached hydrogens (primary N) is 1. The zero-order chi connectivity index (χ0) is 13.4. The van der Waals surface area contributed by atoms with Crippen LogP contribution in [0, 0.1) is 5.92 Å². The van der Waals surface area contributed by atoms with Gasteiger partial charge in [-0.05, 0) is 31.6 Å². The molecule has 5 heteroatoms. The van der Waals surface area contributed by atoms with Gasteiger partial charge in [-0.15, -0.1) is 0 Å². The normalized spacial score (nSPS) is 30.1. The van der Waals surface area contributed by atoms with Crippen LogP contribution in [0.25, 0.3) is 0 Å². The average molecular weight is 265 g/mol. The largest absolute Gasteiger partial charge is 0.330 e. The number of hydrogen-bond donors (Lipinski definition) is 1. The highest BCUT2D eigenvalue weighted by atomic mass is 16.2. The predicted octanol–water partition coefficient (Wildman–Crippen LogP) is 0.337. The Morgan fingerprint density at radius 2 is 1.89 bits per heavy atom. The first-order chi connectivity index (χ1) is 9.16. The van der Waals surface area contributed by atoms with E-state index in [0.717, 1.165) is 19.4 Å². The summed E-state index contributed by atoms with van der Waals surface area (Å²) in [6.45, 7) is 1.53. The Hall–Kier alpha value is -1.10. The van der Waals surface area contributed by atoms with E-state index >= 15 is 0 Å². The minimum absolute atomic E-state index is 0.0344. The van der Waals surface area contributed by atoms with Crippen LogP contribution in [0.2, 0.25) is 0 Å². The van der Waals surface area contributed by atoms with Gasteiger partial charge in [0.25, 0.3) is 0 Å². The van der Waals surface area contributed by atoms with Crippen molar-refractivity contribution in [2.45, 2.75) is 50.6 Å². The van der Waals surface area contributed by atoms with E-state index in [1.807, 2.05) is 0 Å². The molecule has 2 atom stereocenters. The van der Waals surface area contributed by atoms with Gasteiger partial charge in [0.2, 0.25) is 11.8 Å². The van der Waals surface area contributed by atoms with Crippen molar-refractivity contribution in [3.63, 3.8) is 0 Å². The number of piperazine rings is 1. The van der Waals surface area contributed by atoms with Crippen molar-refractivity contribution in [1.29, 1.82) is 0 Å². The van der Waals surface area contributed by atoms with Crippen molar-refractivity contribution in [3.05, 3.63) is 0 Å². The number of rotatable bonds is 3. The molecule has 0 aromatic carbocycles. The first kappa shape index (κ1) is 12.9. The summed E-state index contributed by atoms with van der Waals surface area (Å²) in [6, 6.07) is -0.163. The monoisotopic (exact) mass is 265 g/mol. The quantitative estimate of drug-likeness (QED) is 0.800. The molecule has 3 aliphatic rings. The van der Waals surface area contributed by atoms with Crippen LogP contribution in [0.3, 0.4) is 0 Å². The Balaban J connectivity index is 1.64. The van der Waals surface area contributed by atoms with Crippen LogP contribution in [0.4, 0.5) is 0 Å². The number of nitrogens with zero attached hydrogens (tertiary/aromatic N) is 2. The van der Waals surface area contributed by atoms with Gasteiger partial charge in [-0.25, -0.2) is 0 Å². The minimum Gasteiger partial charge on any atom is -0.330 e. The fraction of sp³-hybridized carbons (Fsp3) is 0.857. The molecule has 2 heterocycles. The van der Waals surface area contributed by atoms with Crippen molar-refractivity contribution in [2.75, 3.05) is 19.6 Å². The summed E-state index contributed by atoms with van der Waals surface area (Å²) in [4.78, 5) is 27.9. The first-order valence-electron chi connectivity index (χ1n) is 7.50. The van der Waals surface area contributed by atoms with Crippen molar-refractivity contribution in [2.24, 2.45) is 11.7 Å². The number of amides is 2. The maximum absolute atomic E-state index is 12.4. The van der Waals surface area contributed by atoms with Crippen LogP contribution in [-0.4, -0.2) is 53.3 Å². The van der Waals surface area contributed by atoms with Crippen LogP contribution in [-0.2, 0) is 9.59 Å². The summed E-state index contributed by atoms with van der Waals surface area (Å²) in [5.74, 6) is 0.746. The molecule has 3 fully saturated rings. The minimum atomic E-state index is -0.197. The van der Waals surface area contributed by atoms with Gasteiger partial charge in [0, 0.05) is 19.1 Å². The smallest absolute Gasteiger partial charge is 0.245 e. The lowest BCUT2D eigenvalue weighted by Gasteiger charge is -2.38. The lowest BCUT2D eigenvalue weighted by atomic mass is 9.98. The molecule has 2 amide bonds. The molecule has 19 heavy (non-hydrogen) atoms. The molecule has 0 bridgehead atoms. The molecule has 3 rings (SSSR count). The topological polar surface area (TPSA) is 66.6 Å². The first-order valence-corrected chi connectivity index (χ1v) is 7.50. The number of fused-ring (bicyclic) bond motifs is 1. The van der Waals surface area contributed by atoms with Crippen molar-refractivity contribution >= 4 is 11.8 Å². The fourth-order valence-electron chi connectivity index (χ4n) is 3.81. The average Bonchev–Trinajstić information content (AvgIpc) is 3.05. The van der Waals surface area contributed by atoms with Crippen LogP contribution < -0.4 is 5.73 Å². The van der Waals surface area contributed by atoms with Gasteiger partial charge in [-0.1, -0.05) is 12.8 Å². The van der Waals surface area contributed by atoms with E-state index in [1.165, 1.54) is 25.7 Å². The molecule has 2 aliphatic heterocycles. The molecular weight excluding hydrogens is 242 g/mol. The zero-order valence-corrected chi connectivity index (χ0v) is 11.4. The summed E-state index contributed by atoms with van der Waals surface area (Å²) < 4.78 is 0. The second-order valence-corrected chi connectivity index (χ2v) is 6.17. The van der Waals surface area contributed by atoms with Crippen molar-refractivity contribution in [1.82, 2.24) is 9.80 Å². The molecule has 5 nitrogen and oxygen atoms in total. The fourth-order valence-corrected chi connectivity index (χ4v) is 3.81. The zero-order valence-electron chi connectivity index (χ0n) is 11.4. The van der Waals surface area contributed by atoms with Crippen LogP contribution in [0.1, 0.15) is 38.5 Å². The van der Waals surface area contributed by atoms with Crippen molar-refractivity contribution in [3.8, 4) is 0 Å². The van der Waals surface area contributed by atoms with Gasteiger partial charge in [-0.2, -0.15) is 0 Å². The van der Waals surface area contributed by atoms with Crippen LogP contribution in [0.15, 0.2) is 0 Å². The van der Waals surface area contributed by atoms with Gasteiger partial charge in [0.15, 0.2) is 0 Å². The van der Waals surface area contributed by atoms with Gasteiger partial charge >= 0.3 is 0 Å². The molecule has 0 radical (unpaired) electrons. The molecule has 2 unspecified atom stereocenters. The van der Waals surface area contributed by atoms with Gasteiger partial charge in [-0.3, -0.25) is 9.59 Å². The number of carbonyl (C=O) groups is 2. The molecule has 2 saturated heterocycles. The third-order valence-corrected chi connectivity index (χ3v) is 4.93. The number of carbonyl (C=O) groups excluding carboxylic acids is 2. The molecule has 1 saturated carbocycles. The summed E-state index contributed by atoms with van der Waals surface area (Å²) in [7, 11) is 0.